The molecule has 0 aliphatic carbocycles. The maximum absolute atomic E-state index is 9.86. The van der Waals surface area contributed by atoms with E-state index in [9.17, 15) is 10.5 Å². The van der Waals surface area contributed by atoms with Crippen LogP contribution in [0.2, 0.25) is 0 Å². The standard InChI is InChI=1S/C42H24N2O/c43-25-29-17-21-37(35-15-7-5-11-31(29)35)41-33-13-3-1-9-27(33)19-23-39(41)45-40-24-20-28-10-2-4-14-34(28)42(40)38-22-18-30(26-44)32-12-6-8-16-36(32)38/h1-24H. The topological polar surface area (TPSA) is 56.8 Å². The number of nitrogens with zero attached hydrogens (tertiary/aromatic N) is 2. The van der Waals surface area contributed by atoms with Gasteiger partial charge in [-0.2, -0.15) is 10.5 Å². The third-order valence-electron chi connectivity index (χ3n) is 8.63. The minimum absolute atomic E-state index is 0.640. The van der Waals surface area contributed by atoms with Crippen LogP contribution < -0.4 is 4.74 Å². The Kier molecular flexibility index (Phi) is 6.23. The SMILES string of the molecule is N#Cc1ccc(-c2c(Oc3ccc4ccccc4c3-c3ccc(C#N)c4ccccc34)ccc3ccccc23)c2ccccc12. The van der Waals surface area contributed by atoms with Crippen molar-refractivity contribution < 1.29 is 4.74 Å². The van der Waals surface area contributed by atoms with Gasteiger partial charge in [-0.1, -0.05) is 121 Å². The van der Waals surface area contributed by atoms with Gasteiger partial charge in [0.25, 0.3) is 0 Å². The second-order valence-corrected chi connectivity index (χ2v) is 11.1. The van der Waals surface area contributed by atoms with Crippen LogP contribution in [0.5, 0.6) is 11.5 Å². The van der Waals surface area contributed by atoms with Gasteiger partial charge in [0, 0.05) is 21.9 Å². The summed E-state index contributed by atoms with van der Waals surface area (Å²) in [6.07, 6.45) is 0. The Morgan fingerprint density at radius 1 is 0.356 bits per heavy atom. The monoisotopic (exact) mass is 572 g/mol. The van der Waals surface area contributed by atoms with Crippen molar-refractivity contribution >= 4 is 43.1 Å². The number of ether oxygens (including phenoxy) is 1. The summed E-state index contributed by atoms with van der Waals surface area (Å²) >= 11 is 0. The van der Waals surface area contributed by atoms with Crippen molar-refractivity contribution in [3.63, 3.8) is 0 Å². The smallest absolute Gasteiger partial charge is 0.135 e. The molecule has 0 spiro atoms. The number of nitriles is 2. The molecule has 0 N–H and O–H groups in total. The molecule has 0 amide bonds. The van der Waals surface area contributed by atoms with Crippen LogP contribution in [0.25, 0.3) is 65.3 Å². The molecule has 208 valence electrons. The number of benzene rings is 8. The Morgan fingerprint density at radius 3 is 1.16 bits per heavy atom. The molecule has 3 heteroatoms. The lowest BCUT2D eigenvalue weighted by Crippen LogP contribution is -1.95. The predicted molar refractivity (Wildman–Crippen MR) is 183 cm³/mol. The van der Waals surface area contributed by atoms with Gasteiger partial charge < -0.3 is 4.74 Å². The zero-order valence-corrected chi connectivity index (χ0v) is 24.2. The van der Waals surface area contributed by atoms with E-state index in [-0.39, 0.29) is 0 Å². The third kappa shape index (κ3) is 4.27. The van der Waals surface area contributed by atoms with E-state index in [1.807, 2.05) is 97.1 Å². The molecule has 0 aliphatic rings. The van der Waals surface area contributed by atoms with Gasteiger partial charge >= 0.3 is 0 Å². The van der Waals surface area contributed by atoms with E-state index in [0.29, 0.717) is 11.1 Å². The van der Waals surface area contributed by atoms with Gasteiger partial charge in [0.15, 0.2) is 0 Å². The number of hydrogen-bond acceptors (Lipinski definition) is 3. The van der Waals surface area contributed by atoms with Gasteiger partial charge in [-0.3, -0.25) is 0 Å². The van der Waals surface area contributed by atoms with Crippen LogP contribution >= 0.6 is 0 Å². The summed E-state index contributed by atoms with van der Waals surface area (Å²) in [5.74, 6) is 1.44. The zero-order chi connectivity index (χ0) is 30.3. The molecule has 0 unspecified atom stereocenters. The Hall–Kier alpha value is -6.42. The van der Waals surface area contributed by atoms with Gasteiger partial charge in [-0.25, -0.2) is 0 Å². The minimum Gasteiger partial charge on any atom is -0.456 e. The van der Waals surface area contributed by atoms with Crippen molar-refractivity contribution in [3.05, 3.63) is 157 Å². The molecule has 0 bridgehead atoms. The average molecular weight is 573 g/mol. The van der Waals surface area contributed by atoms with Crippen molar-refractivity contribution in [1.82, 2.24) is 0 Å². The van der Waals surface area contributed by atoms with Gasteiger partial charge in [0.05, 0.1) is 23.3 Å². The Labute approximate surface area is 260 Å². The summed E-state index contributed by atoms with van der Waals surface area (Å²) in [7, 11) is 0. The van der Waals surface area contributed by atoms with E-state index >= 15 is 0 Å². The molecule has 3 nitrogen and oxygen atoms in total. The minimum atomic E-state index is 0.640. The first-order valence-corrected chi connectivity index (χ1v) is 14.8. The first-order valence-electron chi connectivity index (χ1n) is 14.8. The summed E-state index contributed by atoms with van der Waals surface area (Å²) in [5.41, 5.74) is 5.23. The average Bonchev–Trinajstić information content (AvgIpc) is 3.11. The predicted octanol–water partition coefficient (Wildman–Crippen LogP) is 11.2. The van der Waals surface area contributed by atoms with E-state index in [0.717, 1.165) is 76.8 Å². The normalized spacial score (nSPS) is 11.1. The van der Waals surface area contributed by atoms with Crippen LogP contribution in [-0.2, 0) is 0 Å². The van der Waals surface area contributed by atoms with Crippen LogP contribution in [0.3, 0.4) is 0 Å². The molecule has 8 aromatic rings. The quantitative estimate of drug-likeness (QED) is 0.211. The van der Waals surface area contributed by atoms with Crippen molar-refractivity contribution in [2.45, 2.75) is 0 Å². The molecule has 0 fully saturated rings. The van der Waals surface area contributed by atoms with Gasteiger partial charge in [-0.05, 0) is 67.7 Å². The van der Waals surface area contributed by atoms with Crippen LogP contribution in [0, 0.1) is 22.7 Å². The highest BCUT2D eigenvalue weighted by molar-refractivity contribution is 6.11. The van der Waals surface area contributed by atoms with Crippen molar-refractivity contribution in [2.24, 2.45) is 0 Å². The highest BCUT2D eigenvalue weighted by Gasteiger charge is 2.20. The summed E-state index contributed by atoms with van der Waals surface area (Å²) < 4.78 is 7.05. The lowest BCUT2D eigenvalue weighted by molar-refractivity contribution is 0.488. The summed E-state index contributed by atoms with van der Waals surface area (Å²) in [6, 6.07) is 53.6. The van der Waals surface area contributed by atoms with Crippen molar-refractivity contribution in [1.29, 1.82) is 10.5 Å². The van der Waals surface area contributed by atoms with Crippen LogP contribution in [0.15, 0.2) is 146 Å². The second-order valence-electron chi connectivity index (χ2n) is 11.1. The van der Waals surface area contributed by atoms with Crippen LogP contribution in [0.4, 0.5) is 0 Å². The Bertz CT molecular complexity index is 2370. The number of fused-ring (bicyclic) bond motifs is 4. The van der Waals surface area contributed by atoms with Gasteiger partial charge in [-0.15, -0.1) is 0 Å². The lowest BCUT2D eigenvalue weighted by Gasteiger charge is -2.20. The zero-order valence-electron chi connectivity index (χ0n) is 24.2. The fourth-order valence-corrected chi connectivity index (χ4v) is 6.58. The first kappa shape index (κ1) is 26.2. The summed E-state index contributed by atoms with van der Waals surface area (Å²) in [4.78, 5) is 0. The first-order chi connectivity index (χ1) is 22.2. The fourth-order valence-electron chi connectivity index (χ4n) is 6.58. The van der Waals surface area contributed by atoms with Crippen molar-refractivity contribution in [3.8, 4) is 45.9 Å². The Morgan fingerprint density at radius 2 is 0.733 bits per heavy atom. The molecule has 8 rings (SSSR count). The Balaban J connectivity index is 1.42. The van der Waals surface area contributed by atoms with Crippen molar-refractivity contribution in [2.75, 3.05) is 0 Å². The van der Waals surface area contributed by atoms with E-state index < -0.39 is 0 Å². The van der Waals surface area contributed by atoms with Gasteiger partial charge in [0.1, 0.15) is 11.5 Å². The van der Waals surface area contributed by atoms with E-state index in [4.69, 9.17) is 4.74 Å². The molecule has 45 heavy (non-hydrogen) atoms. The molecule has 0 saturated heterocycles. The summed E-state index contributed by atoms with van der Waals surface area (Å²) in [5, 5.41) is 27.9. The summed E-state index contributed by atoms with van der Waals surface area (Å²) in [6.45, 7) is 0. The maximum Gasteiger partial charge on any atom is 0.135 e. The molecular weight excluding hydrogens is 548 g/mol. The highest BCUT2D eigenvalue weighted by Crippen LogP contribution is 2.47. The molecule has 0 aliphatic heterocycles. The lowest BCUT2D eigenvalue weighted by atomic mass is 9.90. The molecule has 0 heterocycles. The molecule has 0 saturated carbocycles. The fraction of sp³-hybridized carbons (Fsp3) is 0. The van der Waals surface area contributed by atoms with Crippen LogP contribution in [-0.4, -0.2) is 0 Å². The second kappa shape index (κ2) is 10.7. The maximum atomic E-state index is 9.86. The van der Waals surface area contributed by atoms with Gasteiger partial charge in [0.2, 0.25) is 0 Å². The van der Waals surface area contributed by atoms with E-state index in [1.165, 1.54) is 0 Å². The molecule has 0 atom stereocenters. The molecular formula is C42H24N2O. The number of hydrogen-bond donors (Lipinski definition) is 0. The molecule has 0 radical (unpaired) electrons. The van der Waals surface area contributed by atoms with E-state index in [2.05, 4.69) is 60.7 Å². The number of rotatable bonds is 4. The largest absolute Gasteiger partial charge is 0.456 e. The van der Waals surface area contributed by atoms with Crippen LogP contribution in [0.1, 0.15) is 11.1 Å². The molecule has 0 aromatic heterocycles. The highest BCUT2D eigenvalue weighted by atomic mass is 16.5. The van der Waals surface area contributed by atoms with E-state index in [1.54, 1.807) is 0 Å². The molecule has 8 aromatic carbocycles. The third-order valence-corrected chi connectivity index (χ3v) is 8.63.